The van der Waals surface area contributed by atoms with Gasteiger partial charge in [-0.1, -0.05) is 87.1 Å². The topological polar surface area (TPSA) is 128 Å². The molecular formula is C50H52N6O4S2. The first-order valence-corrected chi connectivity index (χ1v) is 25.2. The Hall–Kier alpha value is -5.98. The fourth-order valence-corrected chi connectivity index (χ4v) is 9.66. The lowest BCUT2D eigenvalue weighted by atomic mass is 10.1. The Labute approximate surface area is 363 Å². The molecule has 0 aliphatic heterocycles. The predicted molar refractivity (Wildman–Crippen MR) is 251 cm³/mol. The maximum absolute atomic E-state index is 11.8. The molecule has 0 amide bonds. The molecule has 8 rings (SSSR count). The van der Waals surface area contributed by atoms with Crippen LogP contribution in [0.1, 0.15) is 62.5 Å². The molecule has 0 fully saturated rings. The highest BCUT2D eigenvalue weighted by molar-refractivity contribution is 7.91. The molecular weight excluding hydrogens is 813 g/mol. The van der Waals surface area contributed by atoms with Crippen molar-refractivity contribution in [3.8, 4) is 0 Å². The van der Waals surface area contributed by atoms with Crippen LogP contribution in [0.4, 0.5) is 11.4 Å². The van der Waals surface area contributed by atoms with Crippen molar-refractivity contribution in [2.75, 3.05) is 12.5 Å². The summed E-state index contributed by atoms with van der Waals surface area (Å²) in [6, 6.07) is 43.4. The van der Waals surface area contributed by atoms with Gasteiger partial charge in [0.2, 0.25) is 0 Å². The van der Waals surface area contributed by atoms with Gasteiger partial charge in [-0.2, -0.15) is 20.5 Å². The fourth-order valence-electron chi connectivity index (χ4n) is 8.40. The number of fused-ring (bicyclic) bond motifs is 6. The van der Waals surface area contributed by atoms with Gasteiger partial charge in [0.1, 0.15) is 0 Å². The molecule has 0 atom stereocenters. The van der Waals surface area contributed by atoms with E-state index in [4.69, 9.17) is 0 Å². The fraction of sp³-hybridized carbons (Fsp3) is 0.280. The van der Waals surface area contributed by atoms with Crippen LogP contribution in [0.5, 0.6) is 0 Å². The van der Waals surface area contributed by atoms with E-state index < -0.39 is 19.7 Å². The highest BCUT2D eigenvalue weighted by Crippen LogP contribution is 2.32. The molecule has 0 aliphatic rings. The van der Waals surface area contributed by atoms with Crippen molar-refractivity contribution in [2.24, 2.45) is 20.5 Å². The molecule has 0 unspecified atom stereocenters. The number of hydrogen-bond donors (Lipinski definition) is 0. The van der Waals surface area contributed by atoms with Crippen molar-refractivity contribution in [3.05, 3.63) is 145 Å². The molecule has 0 spiro atoms. The zero-order chi connectivity index (χ0) is 43.1. The Balaban J connectivity index is 0.791. The average Bonchev–Trinajstić information content (AvgIpc) is 3.75. The number of aromatic nitrogens is 2. The summed E-state index contributed by atoms with van der Waals surface area (Å²) in [5.41, 5.74) is 8.42. The number of rotatable bonds is 19. The van der Waals surface area contributed by atoms with Gasteiger partial charge in [0.25, 0.3) is 0 Å². The quantitative estimate of drug-likeness (QED) is 0.0592. The zero-order valence-electron chi connectivity index (χ0n) is 35.3. The minimum Gasteiger partial charge on any atom is -0.340 e. The summed E-state index contributed by atoms with van der Waals surface area (Å²) in [6.45, 7) is 2.86. The summed E-state index contributed by atoms with van der Waals surface area (Å²) in [7, 11) is -6.49. The Bertz CT molecular complexity index is 2920. The molecule has 10 nitrogen and oxygen atoms in total. The van der Waals surface area contributed by atoms with Gasteiger partial charge in [-0.25, -0.2) is 16.8 Å². The van der Waals surface area contributed by atoms with E-state index >= 15 is 0 Å². The molecule has 8 aromatic rings. The molecule has 6 aromatic carbocycles. The number of aryl methyl sites for hydroxylation is 2. The second kappa shape index (κ2) is 19.0. The zero-order valence-corrected chi connectivity index (χ0v) is 37.0. The van der Waals surface area contributed by atoms with Crippen LogP contribution in [0.2, 0.25) is 0 Å². The first-order valence-electron chi connectivity index (χ1n) is 21.4. The Kier molecular flexibility index (Phi) is 13.1. The monoisotopic (exact) mass is 864 g/mol. The van der Waals surface area contributed by atoms with Gasteiger partial charge in [0, 0.05) is 69.2 Å². The largest absolute Gasteiger partial charge is 0.340 e. The Morgan fingerprint density at radius 2 is 0.758 bits per heavy atom. The van der Waals surface area contributed by atoms with E-state index in [1.54, 1.807) is 48.5 Å². The van der Waals surface area contributed by atoms with Gasteiger partial charge in [-0.05, 0) is 109 Å². The summed E-state index contributed by atoms with van der Waals surface area (Å²) in [5, 5.41) is 22.4. The number of unbranched alkanes of at least 4 members (excludes halogenated alkanes) is 7. The first kappa shape index (κ1) is 42.7. The van der Waals surface area contributed by atoms with Crippen LogP contribution in [0.25, 0.3) is 43.6 Å². The molecule has 0 aliphatic carbocycles. The van der Waals surface area contributed by atoms with E-state index in [1.165, 1.54) is 94.6 Å². The molecule has 318 valence electrons. The first-order chi connectivity index (χ1) is 30.0. The SMILES string of the molecule is CS(=O)(=O)c1ccc(N=NCc2ccc3c(c2)c2ccccc2n3CCCCCCCCCCn2c3ccccc3c3cc(CN=Nc4ccc(S(C)(=O)=O)cc4)ccc32)cc1. The molecule has 62 heavy (non-hydrogen) atoms. The van der Waals surface area contributed by atoms with Crippen molar-refractivity contribution >= 4 is 74.7 Å². The van der Waals surface area contributed by atoms with Crippen molar-refractivity contribution in [1.82, 2.24) is 9.13 Å². The van der Waals surface area contributed by atoms with Crippen LogP contribution in [0.15, 0.2) is 164 Å². The average molecular weight is 865 g/mol. The number of hydrogen-bond acceptors (Lipinski definition) is 8. The maximum atomic E-state index is 11.8. The molecule has 0 saturated heterocycles. The summed E-state index contributed by atoms with van der Waals surface area (Å²) in [6.07, 6.45) is 12.1. The van der Waals surface area contributed by atoms with Gasteiger partial charge >= 0.3 is 0 Å². The van der Waals surface area contributed by atoms with Crippen LogP contribution in [-0.4, -0.2) is 38.5 Å². The second-order valence-corrected chi connectivity index (χ2v) is 20.2. The lowest BCUT2D eigenvalue weighted by Gasteiger charge is -2.09. The van der Waals surface area contributed by atoms with E-state index in [0.29, 0.717) is 24.5 Å². The van der Waals surface area contributed by atoms with Crippen LogP contribution < -0.4 is 0 Å². The molecule has 0 N–H and O–H groups in total. The standard InChI is InChI=1S/C50H52N6O4S2/c1-61(57,58)41-25-21-39(22-26-41)53-51-35-37-19-29-49-45(33-37)43-15-9-11-17-47(43)55(49)31-13-7-5-3-4-6-8-14-32-56-48-18-12-10-16-44(48)46-34-38(20-30-50(46)56)36-52-54-40-23-27-42(28-24-40)62(2,59)60/h9-12,15-30,33-34H,3-8,13-14,31-32,35-36H2,1-2H3. The highest BCUT2D eigenvalue weighted by Gasteiger charge is 2.13. The van der Waals surface area contributed by atoms with E-state index in [-0.39, 0.29) is 9.79 Å². The summed E-state index contributed by atoms with van der Waals surface area (Å²) < 4.78 is 52.0. The third-order valence-corrected chi connectivity index (χ3v) is 13.9. The molecule has 2 heterocycles. The number of nitrogens with zero attached hydrogens (tertiary/aromatic N) is 6. The third kappa shape index (κ3) is 10.0. The maximum Gasteiger partial charge on any atom is 0.175 e. The van der Waals surface area contributed by atoms with E-state index in [2.05, 4.69) is 115 Å². The molecule has 2 aromatic heterocycles. The Morgan fingerprint density at radius 1 is 0.403 bits per heavy atom. The molecule has 12 heteroatoms. The number of benzene rings is 6. The molecule has 0 bridgehead atoms. The lowest BCUT2D eigenvalue weighted by molar-refractivity contribution is 0.536. The van der Waals surface area contributed by atoms with E-state index in [1.807, 2.05) is 0 Å². The van der Waals surface area contributed by atoms with Crippen molar-refractivity contribution in [1.29, 1.82) is 0 Å². The highest BCUT2D eigenvalue weighted by atomic mass is 32.2. The normalized spacial score (nSPS) is 12.6. The van der Waals surface area contributed by atoms with Gasteiger partial charge < -0.3 is 9.13 Å². The van der Waals surface area contributed by atoms with Gasteiger partial charge in [-0.15, -0.1) is 0 Å². The second-order valence-electron chi connectivity index (χ2n) is 16.2. The summed E-state index contributed by atoms with van der Waals surface area (Å²) in [5.74, 6) is 0. The predicted octanol–water partition coefficient (Wildman–Crippen LogP) is 13.1. The van der Waals surface area contributed by atoms with Crippen molar-refractivity contribution in [2.45, 2.75) is 87.3 Å². The van der Waals surface area contributed by atoms with Crippen molar-refractivity contribution in [3.63, 3.8) is 0 Å². The van der Waals surface area contributed by atoms with Gasteiger partial charge in [0.05, 0.1) is 34.3 Å². The summed E-state index contributed by atoms with van der Waals surface area (Å²) >= 11 is 0. The number of azo groups is 2. The van der Waals surface area contributed by atoms with Crippen molar-refractivity contribution < 1.29 is 16.8 Å². The van der Waals surface area contributed by atoms with Crippen LogP contribution in [0, 0.1) is 0 Å². The van der Waals surface area contributed by atoms with Crippen LogP contribution in [-0.2, 0) is 45.9 Å². The van der Waals surface area contributed by atoms with E-state index in [9.17, 15) is 16.8 Å². The number of sulfone groups is 2. The van der Waals surface area contributed by atoms with Gasteiger partial charge in [0.15, 0.2) is 19.7 Å². The van der Waals surface area contributed by atoms with Crippen LogP contribution >= 0.6 is 0 Å². The number of para-hydroxylation sites is 2. The Morgan fingerprint density at radius 3 is 1.15 bits per heavy atom. The third-order valence-electron chi connectivity index (χ3n) is 11.6. The van der Waals surface area contributed by atoms with Gasteiger partial charge in [-0.3, -0.25) is 0 Å². The summed E-state index contributed by atoms with van der Waals surface area (Å²) in [4.78, 5) is 0.544. The molecule has 0 radical (unpaired) electrons. The smallest absolute Gasteiger partial charge is 0.175 e. The minimum atomic E-state index is -3.25. The lowest BCUT2D eigenvalue weighted by Crippen LogP contribution is -1.98. The minimum absolute atomic E-state index is 0.272. The van der Waals surface area contributed by atoms with E-state index in [0.717, 1.165) is 37.1 Å². The molecule has 0 saturated carbocycles. The van der Waals surface area contributed by atoms with Crippen LogP contribution in [0.3, 0.4) is 0 Å².